The number of hydrogen-bond donors (Lipinski definition) is 1. The van der Waals surface area contributed by atoms with Gasteiger partial charge >= 0.3 is 5.97 Å². The van der Waals surface area contributed by atoms with Gasteiger partial charge in [-0.25, -0.2) is 4.79 Å². The molecule has 0 aliphatic heterocycles. The van der Waals surface area contributed by atoms with E-state index in [2.05, 4.69) is 5.32 Å². The number of rotatable bonds is 6. The molecule has 2 aromatic carbocycles. The summed E-state index contributed by atoms with van der Waals surface area (Å²) in [6.07, 6.45) is 1.79. The summed E-state index contributed by atoms with van der Waals surface area (Å²) in [5.74, 6) is -0.679. The molecule has 0 radical (unpaired) electrons. The lowest BCUT2D eigenvalue weighted by molar-refractivity contribution is 0.0499. The molecule has 0 aromatic heterocycles. The predicted molar refractivity (Wildman–Crippen MR) is 91.0 cm³/mol. The summed E-state index contributed by atoms with van der Waals surface area (Å²) < 4.78 is 5.16. The minimum Gasteiger partial charge on any atom is -0.462 e. The Balaban J connectivity index is 2.05. The topological polar surface area (TPSA) is 55.4 Å². The Hall–Kier alpha value is -2.33. The molecule has 0 aliphatic rings. The van der Waals surface area contributed by atoms with E-state index in [1.807, 2.05) is 6.92 Å². The maximum atomic E-state index is 12.2. The molecular weight excluding hydrogens is 314 g/mol. The monoisotopic (exact) mass is 331 g/mol. The summed E-state index contributed by atoms with van der Waals surface area (Å²) in [4.78, 5) is 24.1. The number of amides is 1. The summed E-state index contributed by atoms with van der Waals surface area (Å²) in [7, 11) is 0. The number of unbranched alkanes of at least 4 members (excludes halogenated alkanes) is 1. The van der Waals surface area contributed by atoms with Crippen LogP contribution in [0.4, 0.5) is 5.69 Å². The molecule has 0 saturated carbocycles. The van der Waals surface area contributed by atoms with Crippen molar-refractivity contribution in [2.24, 2.45) is 0 Å². The van der Waals surface area contributed by atoms with Crippen LogP contribution in [-0.4, -0.2) is 18.5 Å². The maximum Gasteiger partial charge on any atom is 0.338 e. The van der Waals surface area contributed by atoms with Gasteiger partial charge in [0.15, 0.2) is 0 Å². The normalized spacial score (nSPS) is 10.2. The second kappa shape index (κ2) is 8.34. The van der Waals surface area contributed by atoms with Crippen LogP contribution in [0.15, 0.2) is 48.5 Å². The van der Waals surface area contributed by atoms with E-state index in [1.165, 1.54) is 0 Å². The molecule has 0 bridgehead atoms. The number of hydrogen-bond acceptors (Lipinski definition) is 3. The van der Waals surface area contributed by atoms with E-state index >= 15 is 0 Å². The van der Waals surface area contributed by atoms with Gasteiger partial charge in [-0.05, 0) is 42.8 Å². The number of nitrogens with one attached hydrogen (secondary N) is 1. The molecule has 1 N–H and O–H groups in total. The molecule has 5 heteroatoms. The highest BCUT2D eigenvalue weighted by Crippen LogP contribution is 2.15. The van der Waals surface area contributed by atoms with E-state index in [9.17, 15) is 9.59 Å². The minimum absolute atomic E-state index is 0.288. The highest BCUT2D eigenvalue weighted by atomic mass is 35.5. The number of carbonyl (C=O) groups excluding carboxylic acids is 2. The minimum atomic E-state index is -0.391. The van der Waals surface area contributed by atoms with Crippen LogP contribution in [0.1, 0.15) is 40.5 Å². The zero-order valence-electron chi connectivity index (χ0n) is 12.8. The first-order valence-electron chi connectivity index (χ1n) is 7.44. The number of ether oxygens (including phenoxy) is 1. The van der Waals surface area contributed by atoms with E-state index < -0.39 is 5.97 Å². The van der Waals surface area contributed by atoms with E-state index in [0.717, 1.165) is 12.8 Å². The quantitative estimate of drug-likeness (QED) is 0.624. The van der Waals surface area contributed by atoms with Crippen molar-refractivity contribution in [1.29, 1.82) is 0 Å². The van der Waals surface area contributed by atoms with E-state index in [4.69, 9.17) is 16.3 Å². The average Bonchev–Trinajstić information content (AvgIpc) is 2.55. The smallest absolute Gasteiger partial charge is 0.338 e. The van der Waals surface area contributed by atoms with Crippen LogP contribution in [-0.2, 0) is 4.74 Å². The molecule has 0 saturated heterocycles. The van der Waals surface area contributed by atoms with Gasteiger partial charge in [-0.3, -0.25) is 4.79 Å². The van der Waals surface area contributed by atoms with Crippen molar-refractivity contribution in [3.8, 4) is 0 Å². The molecule has 4 nitrogen and oxygen atoms in total. The molecule has 0 aliphatic carbocycles. The lowest BCUT2D eigenvalue weighted by Gasteiger charge is -2.08. The Morgan fingerprint density at radius 3 is 2.57 bits per heavy atom. The number of esters is 1. The third-order valence-corrected chi connectivity index (χ3v) is 3.41. The number of anilines is 1. The fraction of sp³-hybridized carbons (Fsp3) is 0.222. The standard InChI is InChI=1S/C18H18ClNO3/c1-2-3-10-23-18(22)14-7-5-9-16(12-14)20-17(21)13-6-4-8-15(19)11-13/h4-9,11-12H,2-3,10H2,1H3,(H,20,21). The first-order chi connectivity index (χ1) is 11.1. The molecule has 0 spiro atoms. The molecule has 1 amide bonds. The molecule has 2 aromatic rings. The summed E-state index contributed by atoms with van der Waals surface area (Å²) >= 11 is 5.88. The van der Waals surface area contributed by atoms with Gasteiger partial charge in [0, 0.05) is 16.3 Å². The van der Waals surface area contributed by atoms with Gasteiger partial charge in [-0.2, -0.15) is 0 Å². The molecule has 0 fully saturated rings. The summed E-state index contributed by atoms with van der Waals surface area (Å²) in [6, 6.07) is 13.3. The van der Waals surface area contributed by atoms with Crippen molar-refractivity contribution in [3.05, 3.63) is 64.7 Å². The third kappa shape index (κ3) is 5.11. The van der Waals surface area contributed by atoms with Crippen LogP contribution in [0.3, 0.4) is 0 Å². The largest absolute Gasteiger partial charge is 0.462 e. The molecule has 23 heavy (non-hydrogen) atoms. The Morgan fingerprint density at radius 2 is 1.83 bits per heavy atom. The maximum absolute atomic E-state index is 12.2. The van der Waals surface area contributed by atoms with Gasteiger partial charge in [0.2, 0.25) is 0 Å². The van der Waals surface area contributed by atoms with Crippen LogP contribution >= 0.6 is 11.6 Å². The third-order valence-electron chi connectivity index (χ3n) is 3.17. The van der Waals surface area contributed by atoms with Crippen molar-refractivity contribution in [2.45, 2.75) is 19.8 Å². The van der Waals surface area contributed by atoms with Gasteiger partial charge in [-0.1, -0.05) is 37.1 Å². The number of benzene rings is 2. The summed E-state index contributed by atoms with van der Waals surface area (Å²) in [6.45, 7) is 2.42. The fourth-order valence-corrected chi connectivity index (χ4v) is 2.14. The molecule has 0 unspecified atom stereocenters. The Labute approximate surface area is 140 Å². The Kier molecular flexibility index (Phi) is 6.18. The highest BCUT2D eigenvalue weighted by molar-refractivity contribution is 6.31. The number of carbonyl (C=O) groups is 2. The first kappa shape index (κ1) is 17.0. The van der Waals surface area contributed by atoms with Crippen LogP contribution < -0.4 is 5.32 Å². The van der Waals surface area contributed by atoms with Crippen LogP contribution in [0.2, 0.25) is 5.02 Å². The van der Waals surface area contributed by atoms with Crippen molar-refractivity contribution in [3.63, 3.8) is 0 Å². The van der Waals surface area contributed by atoms with Crippen molar-refractivity contribution in [2.75, 3.05) is 11.9 Å². The van der Waals surface area contributed by atoms with Gasteiger partial charge in [0.25, 0.3) is 5.91 Å². The second-order valence-electron chi connectivity index (χ2n) is 5.03. The van der Waals surface area contributed by atoms with Crippen molar-refractivity contribution >= 4 is 29.2 Å². The average molecular weight is 332 g/mol. The van der Waals surface area contributed by atoms with Crippen LogP contribution in [0, 0.1) is 0 Å². The Bertz CT molecular complexity index is 700. The summed E-state index contributed by atoms with van der Waals surface area (Å²) in [5, 5.41) is 3.23. The van der Waals surface area contributed by atoms with Gasteiger partial charge in [0.1, 0.15) is 0 Å². The fourth-order valence-electron chi connectivity index (χ4n) is 1.95. The van der Waals surface area contributed by atoms with E-state index in [1.54, 1.807) is 48.5 Å². The molecule has 0 heterocycles. The zero-order chi connectivity index (χ0) is 16.7. The zero-order valence-corrected chi connectivity index (χ0v) is 13.6. The van der Waals surface area contributed by atoms with E-state index in [0.29, 0.717) is 28.4 Å². The summed E-state index contributed by atoms with van der Waals surface area (Å²) in [5.41, 5.74) is 1.39. The SMILES string of the molecule is CCCCOC(=O)c1cccc(NC(=O)c2cccc(Cl)c2)c1. The highest BCUT2D eigenvalue weighted by Gasteiger charge is 2.10. The van der Waals surface area contributed by atoms with Crippen molar-refractivity contribution in [1.82, 2.24) is 0 Å². The van der Waals surface area contributed by atoms with E-state index in [-0.39, 0.29) is 5.91 Å². The lowest BCUT2D eigenvalue weighted by Crippen LogP contribution is -2.13. The van der Waals surface area contributed by atoms with Gasteiger partial charge in [0.05, 0.1) is 12.2 Å². The van der Waals surface area contributed by atoms with Crippen LogP contribution in [0.5, 0.6) is 0 Å². The number of halogens is 1. The first-order valence-corrected chi connectivity index (χ1v) is 7.82. The second-order valence-corrected chi connectivity index (χ2v) is 5.47. The predicted octanol–water partition coefficient (Wildman–Crippen LogP) is 4.55. The molecule has 120 valence electrons. The van der Waals surface area contributed by atoms with Crippen molar-refractivity contribution < 1.29 is 14.3 Å². The van der Waals surface area contributed by atoms with Gasteiger partial charge < -0.3 is 10.1 Å². The molecule has 2 rings (SSSR count). The lowest BCUT2D eigenvalue weighted by atomic mass is 10.1. The Morgan fingerprint density at radius 1 is 1.09 bits per heavy atom. The molecular formula is C18H18ClNO3. The van der Waals surface area contributed by atoms with Crippen LogP contribution in [0.25, 0.3) is 0 Å². The van der Waals surface area contributed by atoms with Gasteiger partial charge in [-0.15, -0.1) is 0 Å². The molecule has 0 atom stereocenters.